The van der Waals surface area contributed by atoms with Crippen LogP contribution in [0.25, 0.3) is 11.4 Å². The van der Waals surface area contributed by atoms with Crippen molar-refractivity contribution in [2.45, 2.75) is 31.6 Å². The molecule has 0 aliphatic carbocycles. The number of rotatable bonds is 3. The third kappa shape index (κ3) is 4.32. The van der Waals surface area contributed by atoms with Gasteiger partial charge in [-0.05, 0) is 36.8 Å². The summed E-state index contributed by atoms with van der Waals surface area (Å²) in [6.45, 7) is 2.01. The zero-order chi connectivity index (χ0) is 29.7. The Kier molecular flexibility index (Phi) is 7.36. The summed E-state index contributed by atoms with van der Waals surface area (Å²) in [6, 6.07) is 34.5. The molecule has 2 unspecified atom stereocenters. The maximum absolute atomic E-state index is 13.9. The van der Waals surface area contributed by atoms with E-state index in [9.17, 15) is 19.2 Å². The zero-order valence-corrected chi connectivity index (χ0v) is 24.8. The van der Waals surface area contributed by atoms with Crippen LogP contribution in [0.2, 0.25) is 0 Å². The molecular formula is C33H28FeN6O4. The fourth-order valence-electron chi connectivity index (χ4n) is 6.33. The molecule has 0 bridgehead atoms. The SMILES string of the molecule is CC12Cn3c(=O)n(-c4ccccc4)c(=O)n3C(c3cc[cH-]c3)C1=CCn1c(=O)n(-c3ccccc3)c(=O)n12.[Fe+2].c1cc[cH-]c1. The van der Waals surface area contributed by atoms with Gasteiger partial charge < -0.3 is 0 Å². The molecule has 6 aromatic rings. The molecule has 11 heteroatoms. The largest absolute Gasteiger partial charge is 2.00 e. The molecule has 0 amide bonds. The predicted molar refractivity (Wildman–Crippen MR) is 163 cm³/mol. The van der Waals surface area contributed by atoms with E-state index in [1.807, 2.05) is 79.7 Å². The quantitative estimate of drug-likeness (QED) is 0.171. The van der Waals surface area contributed by atoms with E-state index in [4.69, 9.17) is 0 Å². The molecule has 222 valence electrons. The summed E-state index contributed by atoms with van der Waals surface area (Å²) >= 11 is 0. The molecular weight excluding hydrogens is 600 g/mol. The van der Waals surface area contributed by atoms with Crippen molar-refractivity contribution in [3.8, 4) is 11.4 Å². The van der Waals surface area contributed by atoms with Crippen LogP contribution in [0, 0.1) is 0 Å². The molecule has 0 fully saturated rings. The Morgan fingerprint density at radius 2 is 1.27 bits per heavy atom. The van der Waals surface area contributed by atoms with E-state index in [0.29, 0.717) is 11.4 Å². The molecule has 0 spiro atoms. The Morgan fingerprint density at radius 1 is 0.682 bits per heavy atom. The number of nitrogens with zero attached hydrogens (tertiary/aromatic N) is 6. The molecule has 44 heavy (non-hydrogen) atoms. The molecule has 0 radical (unpaired) electrons. The van der Waals surface area contributed by atoms with Gasteiger partial charge in [0.2, 0.25) is 0 Å². The first-order valence-electron chi connectivity index (χ1n) is 14.0. The second kappa shape index (κ2) is 11.2. The fraction of sp³-hybridized carbons (Fsp3) is 0.152. The van der Waals surface area contributed by atoms with Crippen LogP contribution in [0.3, 0.4) is 0 Å². The fourth-order valence-corrected chi connectivity index (χ4v) is 6.33. The molecule has 2 aliphatic heterocycles. The normalized spacial score (nSPS) is 18.1. The minimum absolute atomic E-state index is 0. The van der Waals surface area contributed by atoms with Gasteiger partial charge in [-0.2, -0.15) is 42.0 Å². The monoisotopic (exact) mass is 628 g/mol. The van der Waals surface area contributed by atoms with Crippen molar-refractivity contribution in [2.75, 3.05) is 0 Å². The summed E-state index contributed by atoms with van der Waals surface area (Å²) in [5, 5.41) is 0. The smallest absolute Gasteiger partial charge is 0.246 e. The van der Waals surface area contributed by atoms with Crippen LogP contribution in [0.1, 0.15) is 18.5 Å². The Bertz CT molecular complexity index is 2160. The van der Waals surface area contributed by atoms with Crippen molar-refractivity contribution < 1.29 is 17.1 Å². The molecule has 0 N–H and O–H groups in total. The van der Waals surface area contributed by atoms with Crippen LogP contribution in [0.4, 0.5) is 0 Å². The molecule has 10 nitrogen and oxygen atoms in total. The molecule has 2 aromatic heterocycles. The average Bonchev–Trinajstić information content (AvgIpc) is 3.84. The summed E-state index contributed by atoms with van der Waals surface area (Å²) < 4.78 is 8.05. The van der Waals surface area contributed by atoms with Gasteiger partial charge in [-0.1, -0.05) is 42.5 Å². The van der Waals surface area contributed by atoms with Gasteiger partial charge in [0.25, 0.3) is 0 Å². The van der Waals surface area contributed by atoms with Crippen LogP contribution < -0.4 is 22.8 Å². The number of hydrogen-bond acceptors (Lipinski definition) is 4. The number of hydrogen-bond donors (Lipinski definition) is 0. The second-order valence-corrected chi connectivity index (χ2v) is 10.8. The van der Waals surface area contributed by atoms with Crippen molar-refractivity contribution in [1.29, 1.82) is 0 Å². The Labute approximate surface area is 261 Å². The van der Waals surface area contributed by atoms with E-state index < -0.39 is 34.3 Å². The minimum Gasteiger partial charge on any atom is -0.246 e. The van der Waals surface area contributed by atoms with E-state index in [1.54, 1.807) is 48.5 Å². The second-order valence-electron chi connectivity index (χ2n) is 10.8. The standard InChI is InChI=1S/C28H23N6O4.C5H5.Fe/c1-28-18-30-25(36)31(20-12-4-2-5-13-20)26(37)33(30)23(19-10-8-9-11-19)22(28)16-17-29-24(35)32(27(38)34(28)29)21-14-6-3-7-15-21;1-2-4-5-3-1;/h2-16,23H,17-18H2,1H3;1-5H;/q2*-1;+2. The van der Waals surface area contributed by atoms with Crippen LogP contribution in [0.5, 0.6) is 0 Å². The third-order valence-corrected chi connectivity index (χ3v) is 8.24. The van der Waals surface area contributed by atoms with Gasteiger partial charge in [0, 0.05) is 0 Å². The van der Waals surface area contributed by atoms with E-state index in [2.05, 4.69) is 0 Å². The van der Waals surface area contributed by atoms with E-state index in [-0.39, 0.29) is 30.2 Å². The van der Waals surface area contributed by atoms with Gasteiger partial charge in [0.05, 0.1) is 30.5 Å². The van der Waals surface area contributed by atoms with Crippen molar-refractivity contribution in [3.05, 3.63) is 174 Å². The van der Waals surface area contributed by atoms with Crippen molar-refractivity contribution >= 4 is 0 Å². The number of aromatic nitrogens is 6. The molecule has 2 atom stereocenters. The van der Waals surface area contributed by atoms with Crippen molar-refractivity contribution in [2.24, 2.45) is 0 Å². The molecule has 0 saturated heterocycles. The first-order chi connectivity index (χ1) is 20.9. The van der Waals surface area contributed by atoms with Gasteiger partial charge in [-0.25, -0.2) is 65.2 Å². The summed E-state index contributed by atoms with van der Waals surface area (Å²) in [4.78, 5) is 55.0. The summed E-state index contributed by atoms with van der Waals surface area (Å²) in [5.41, 5.74) is -0.491. The van der Waals surface area contributed by atoms with Gasteiger partial charge in [0.1, 0.15) is 5.54 Å². The molecule has 4 aromatic carbocycles. The summed E-state index contributed by atoms with van der Waals surface area (Å²) in [7, 11) is 0. The molecule has 8 rings (SSSR count). The van der Waals surface area contributed by atoms with Crippen LogP contribution in [0.15, 0.2) is 146 Å². The first-order valence-corrected chi connectivity index (χ1v) is 14.0. The number of fused-ring (bicyclic) bond motifs is 4. The molecule has 0 saturated carbocycles. The maximum Gasteiger partial charge on any atom is 2.00 e. The zero-order valence-electron chi connectivity index (χ0n) is 23.7. The first kappa shape index (κ1) is 29.0. The predicted octanol–water partition coefficient (Wildman–Crippen LogP) is 3.00. The molecule has 2 aliphatic rings. The Morgan fingerprint density at radius 3 is 1.82 bits per heavy atom. The summed E-state index contributed by atoms with van der Waals surface area (Å²) in [6.07, 6.45) is 1.91. The van der Waals surface area contributed by atoms with Crippen LogP contribution in [-0.4, -0.2) is 27.9 Å². The average molecular weight is 628 g/mol. The van der Waals surface area contributed by atoms with Gasteiger partial charge in [-0.3, -0.25) is 0 Å². The number of benzene rings is 2. The van der Waals surface area contributed by atoms with Crippen molar-refractivity contribution in [1.82, 2.24) is 27.9 Å². The Hall–Kier alpha value is -5.12. The maximum atomic E-state index is 13.9. The molecule has 4 heterocycles. The third-order valence-electron chi connectivity index (χ3n) is 8.24. The van der Waals surface area contributed by atoms with Crippen LogP contribution >= 0.6 is 0 Å². The topological polar surface area (TPSA) is 97.9 Å². The minimum atomic E-state index is -1.09. The van der Waals surface area contributed by atoms with E-state index >= 15 is 0 Å². The Balaban J connectivity index is 0.000000522. The van der Waals surface area contributed by atoms with Crippen LogP contribution in [-0.2, 0) is 35.7 Å². The van der Waals surface area contributed by atoms with Crippen molar-refractivity contribution in [3.63, 3.8) is 0 Å². The van der Waals surface area contributed by atoms with Gasteiger partial charge in [0.15, 0.2) is 0 Å². The number of allylic oxidation sites excluding steroid dienone is 2. The van der Waals surface area contributed by atoms with E-state index in [1.165, 1.54) is 18.7 Å². The summed E-state index contributed by atoms with van der Waals surface area (Å²) in [5.74, 6) is 0. The van der Waals surface area contributed by atoms with E-state index in [0.717, 1.165) is 20.3 Å². The van der Waals surface area contributed by atoms with Gasteiger partial charge in [-0.15, -0.1) is 0 Å². The number of para-hydroxylation sites is 2. The van der Waals surface area contributed by atoms with Gasteiger partial charge >= 0.3 is 39.8 Å².